The molecule has 3 heteroatoms. The summed E-state index contributed by atoms with van der Waals surface area (Å²) in [6.07, 6.45) is 1.87. The zero-order chi connectivity index (χ0) is 13.5. The van der Waals surface area contributed by atoms with E-state index in [4.69, 9.17) is 4.74 Å². The maximum absolute atomic E-state index is 5.92. The quantitative estimate of drug-likeness (QED) is 0.853. The first-order valence-corrected chi connectivity index (χ1v) is 6.65. The molecule has 19 heavy (non-hydrogen) atoms. The van der Waals surface area contributed by atoms with Crippen LogP contribution in [0.5, 0.6) is 0 Å². The first-order chi connectivity index (χ1) is 9.31. The molecule has 0 bridgehead atoms. The molecule has 0 aliphatic rings. The molecule has 3 nitrogen and oxygen atoms in total. The highest BCUT2D eigenvalue weighted by molar-refractivity contribution is 5.43. The number of pyridine rings is 1. The van der Waals surface area contributed by atoms with Crippen LogP contribution in [-0.2, 0) is 11.3 Å². The molecule has 2 aromatic rings. The Morgan fingerprint density at radius 1 is 1.16 bits per heavy atom. The minimum atomic E-state index is 0.0795. The van der Waals surface area contributed by atoms with E-state index >= 15 is 0 Å². The molecule has 0 saturated carbocycles. The van der Waals surface area contributed by atoms with Crippen LogP contribution in [0.3, 0.4) is 0 Å². The van der Waals surface area contributed by atoms with E-state index in [0.717, 1.165) is 17.9 Å². The Kier molecular flexibility index (Phi) is 4.93. The summed E-state index contributed by atoms with van der Waals surface area (Å²) in [7, 11) is 0. The van der Waals surface area contributed by atoms with Crippen LogP contribution in [0.4, 0.5) is 5.82 Å². The van der Waals surface area contributed by atoms with Crippen molar-refractivity contribution in [3.05, 3.63) is 59.8 Å². The Bertz CT molecular complexity index is 499. The summed E-state index contributed by atoms with van der Waals surface area (Å²) in [5.41, 5.74) is 2.28. The van der Waals surface area contributed by atoms with Gasteiger partial charge >= 0.3 is 0 Å². The van der Waals surface area contributed by atoms with Crippen LogP contribution in [0.1, 0.15) is 31.1 Å². The first-order valence-electron chi connectivity index (χ1n) is 6.65. The molecule has 1 N–H and O–H groups in total. The predicted molar refractivity (Wildman–Crippen MR) is 78.0 cm³/mol. The predicted octanol–water partition coefficient (Wildman–Crippen LogP) is 3.79. The third-order valence-electron chi connectivity index (χ3n) is 2.99. The summed E-state index contributed by atoms with van der Waals surface area (Å²) < 4.78 is 5.92. The molecule has 0 aliphatic heterocycles. The number of anilines is 1. The molecule has 2 rings (SSSR count). The second-order valence-electron chi connectivity index (χ2n) is 4.41. The minimum absolute atomic E-state index is 0.0795. The van der Waals surface area contributed by atoms with Crippen LogP contribution in [0, 0.1) is 0 Å². The molecule has 100 valence electrons. The number of rotatable bonds is 6. The topological polar surface area (TPSA) is 34.2 Å². The second-order valence-corrected chi connectivity index (χ2v) is 4.41. The number of ether oxygens (including phenoxy) is 1. The molecule has 0 spiro atoms. The fourth-order valence-corrected chi connectivity index (χ4v) is 1.92. The van der Waals surface area contributed by atoms with Crippen molar-refractivity contribution in [3.63, 3.8) is 0 Å². The molecule has 0 saturated heterocycles. The molecule has 0 fully saturated rings. The van der Waals surface area contributed by atoms with Crippen LogP contribution in [0.15, 0.2) is 48.7 Å². The summed E-state index contributed by atoms with van der Waals surface area (Å²) in [5, 5.41) is 3.25. The van der Waals surface area contributed by atoms with Gasteiger partial charge in [0.05, 0.1) is 12.7 Å². The molecule has 1 heterocycles. The number of benzene rings is 1. The van der Waals surface area contributed by atoms with E-state index in [1.54, 1.807) is 6.20 Å². The highest BCUT2D eigenvalue weighted by Gasteiger charge is 2.07. The van der Waals surface area contributed by atoms with Crippen molar-refractivity contribution in [3.8, 4) is 0 Å². The van der Waals surface area contributed by atoms with E-state index < -0.39 is 0 Å². The Labute approximate surface area is 114 Å². The lowest BCUT2D eigenvalue weighted by atomic mass is 10.1. The van der Waals surface area contributed by atoms with Gasteiger partial charge < -0.3 is 10.1 Å². The van der Waals surface area contributed by atoms with Gasteiger partial charge in [-0.2, -0.15) is 0 Å². The van der Waals surface area contributed by atoms with Gasteiger partial charge in [0, 0.05) is 18.3 Å². The van der Waals surface area contributed by atoms with Crippen molar-refractivity contribution in [1.29, 1.82) is 0 Å². The van der Waals surface area contributed by atoms with Gasteiger partial charge in [-0.15, -0.1) is 0 Å². The van der Waals surface area contributed by atoms with Gasteiger partial charge in [0.15, 0.2) is 0 Å². The van der Waals surface area contributed by atoms with Crippen LogP contribution >= 0.6 is 0 Å². The molecule has 1 aromatic heterocycles. The van der Waals surface area contributed by atoms with Crippen molar-refractivity contribution in [2.45, 2.75) is 26.6 Å². The number of hydrogen-bond donors (Lipinski definition) is 1. The van der Waals surface area contributed by atoms with Gasteiger partial charge in [0.1, 0.15) is 5.82 Å². The van der Waals surface area contributed by atoms with Gasteiger partial charge in [-0.25, -0.2) is 4.98 Å². The number of nitrogens with zero attached hydrogens (tertiary/aromatic N) is 1. The molecule has 0 amide bonds. The molecule has 1 aromatic carbocycles. The van der Waals surface area contributed by atoms with E-state index in [2.05, 4.69) is 36.3 Å². The lowest BCUT2D eigenvalue weighted by Gasteiger charge is -2.15. The molecule has 0 aliphatic carbocycles. The summed E-state index contributed by atoms with van der Waals surface area (Å²) in [6.45, 7) is 5.55. The highest BCUT2D eigenvalue weighted by atomic mass is 16.5. The molecule has 0 radical (unpaired) electrons. The zero-order valence-corrected chi connectivity index (χ0v) is 11.5. The van der Waals surface area contributed by atoms with Crippen LogP contribution in [0.2, 0.25) is 0 Å². The highest BCUT2D eigenvalue weighted by Crippen LogP contribution is 2.20. The number of aromatic nitrogens is 1. The summed E-state index contributed by atoms with van der Waals surface area (Å²) >= 11 is 0. The van der Waals surface area contributed by atoms with Crippen LogP contribution in [0.25, 0.3) is 0 Å². The molecular formula is C16H20N2O. The average Bonchev–Trinajstić information content (AvgIpc) is 2.47. The maximum Gasteiger partial charge on any atom is 0.131 e. The minimum Gasteiger partial charge on any atom is -0.370 e. The normalized spacial score (nSPS) is 12.1. The van der Waals surface area contributed by atoms with Gasteiger partial charge in [-0.05, 0) is 25.5 Å². The third-order valence-corrected chi connectivity index (χ3v) is 2.99. The molecule has 1 unspecified atom stereocenters. The number of hydrogen-bond acceptors (Lipinski definition) is 3. The molecule has 1 atom stereocenters. The smallest absolute Gasteiger partial charge is 0.131 e. The van der Waals surface area contributed by atoms with Gasteiger partial charge in [-0.1, -0.05) is 36.4 Å². The van der Waals surface area contributed by atoms with Gasteiger partial charge in [-0.3, -0.25) is 0 Å². The van der Waals surface area contributed by atoms with Crippen LogP contribution < -0.4 is 5.32 Å². The van der Waals surface area contributed by atoms with Crippen molar-refractivity contribution < 1.29 is 4.74 Å². The molecular weight excluding hydrogens is 236 g/mol. The Balaban J connectivity index is 1.99. The van der Waals surface area contributed by atoms with E-state index in [0.29, 0.717) is 6.61 Å². The second kappa shape index (κ2) is 6.90. The van der Waals surface area contributed by atoms with E-state index in [9.17, 15) is 0 Å². The Morgan fingerprint density at radius 3 is 2.68 bits per heavy atom. The van der Waals surface area contributed by atoms with Crippen molar-refractivity contribution >= 4 is 5.82 Å². The van der Waals surface area contributed by atoms with Crippen molar-refractivity contribution in [1.82, 2.24) is 4.98 Å². The largest absolute Gasteiger partial charge is 0.370 e. The van der Waals surface area contributed by atoms with Crippen molar-refractivity contribution in [2.24, 2.45) is 0 Å². The number of nitrogens with one attached hydrogen (secondary N) is 1. The summed E-state index contributed by atoms with van der Waals surface area (Å²) in [5.74, 6) is 0.908. The standard InChI is InChI=1S/C16H20N2O/c1-3-17-16-15(10-7-11-18-16)12-19-13(2)14-8-5-4-6-9-14/h4-11,13H,3,12H2,1-2H3,(H,17,18). The van der Waals surface area contributed by atoms with Crippen LogP contribution in [-0.4, -0.2) is 11.5 Å². The monoisotopic (exact) mass is 256 g/mol. The van der Waals surface area contributed by atoms with E-state index in [1.165, 1.54) is 5.56 Å². The fourth-order valence-electron chi connectivity index (χ4n) is 1.92. The maximum atomic E-state index is 5.92. The lowest BCUT2D eigenvalue weighted by molar-refractivity contribution is 0.0527. The Hall–Kier alpha value is -1.87. The van der Waals surface area contributed by atoms with Crippen molar-refractivity contribution in [2.75, 3.05) is 11.9 Å². The zero-order valence-electron chi connectivity index (χ0n) is 11.5. The van der Waals surface area contributed by atoms with E-state index in [-0.39, 0.29) is 6.10 Å². The summed E-state index contributed by atoms with van der Waals surface area (Å²) in [4.78, 5) is 4.33. The summed E-state index contributed by atoms with van der Waals surface area (Å²) in [6, 6.07) is 14.2. The third kappa shape index (κ3) is 3.80. The SMILES string of the molecule is CCNc1ncccc1COC(C)c1ccccc1. The lowest BCUT2D eigenvalue weighted by Crippen LogP contribution is -2.06. The van der Waals surface area contributed by atoms with E-state index in [1.807, 2.05) is 30.3 Å². The van der Waals surface area contributed by atoms with Gasteiger partial charge in [0.25, 0.3) is 0 Å². The fraction of sp³-hybridized carbons (Fsp3) is 0.312. The Morgan fingerprint density at radius 2 is 1.95 bits per heavy atom. The van der Waals surface area contributed by atoms with Gasteiger partial charge in [0.2, 0.25) is 0 Å². The first kappa shape index (κ1) is 13.6. The average molecular weight is 256 g/mol.